The third-order valence-electron chi connectivity index (χ3n) is 3.10. The first-order valence-electron chi connectivity index (χ1n) is 6.60. The number of anilines is 1. The first-order chi connectivity index (χ1) is 10.2. The maximum atomic E-state index is 12.1. The first-order valence-corrected chi connectivity index (χ1v) is 6.60. The van der Waals surface area contributed by atoms with E-state index in [1.807, 2.05) is 30.3 Å². The van der Waals surface area contributed by atoms with Crippen LogP contribution >= 0.6 is 0 Å². The maximum absolute atomic E-state index is 12.1. The van der Waals surface area contributed by atoms with Crippen LogP contribution in [0.25, 0.3) is 16.7 Å². The van der Waals surface area contributed by atoms with Crippen molar-refractivity contribution in [2.45, 2.75) is 13.0 Å². The van der Waals surface area contributed by atoms with Crippen LogP contribution in [0.5, 0.6) is 0 Å². The van der Waals surface area contributed by atoms with Crippen molar-refractivity contribution in [3.8, 4) is 5.69 Å². The summed E-state index contributed by atoms with van der Waals surface area (Å²) in [6.07, 6.45) is 1.49. The number of hydrogen-bond acceptors (Lipinski definition) is 5. The Hall–Kier alpha value is -2.67. The summed E-state index contributed by atoms with van der Waals surface area (Å²) in [5, 5.41) is 16.6. The number of aliphatic hydroxyl groups is 1. The molecule has 3 rings (SSSR count). The van der Waals surface area contributed by atoms with Crippen LogP contribution in [-0.4, -0.2) is 37.5 Å². The number of aliphatic hydroxyl groups excluding tert-OH is 1. The molecule has 0 radical (unpaired) electrons. The topological polar surface area (TPSA) is 95.8 Å². The van der Waals surface area contributed by atoms with E-state index < -0.39 is 0 Å². The first kappa shape index (κ1) is 13.3. The Bertz CT molecular complexity index is 809. The second kappa shape index (κ2) is 5.37. The molecule has 2 aromatic heterocycles. The lowest BCUT2D eigenvalue weighted by atomic mass is 10.3. The molecule has 0 aliphatic rings. The van der Waals surface area contributed by atoms with E-state index in [1.165, 1.54) is 6.20 Å². The zero-order valence-corrected chi connectivity index (χ0v) is 11.4. The minimum atomic E-state index is -0.269. The number of nitrogens with one attached hydrogen (secondary N) is 2. The maximum Gasteiger partial charge on any atom is 0.263 e. The van der Waals surface area contributed by atoms with E-state index in [0.29, 0.717) is 17.0 Å². The van der Waals surface area contributed by atoms with E-state index in [9.17, 15) is 4.79 Å². The summed E-state index contributed by atoms with van der Waals surface area (Å²) in [5.74, 6) is 0.312. The van der Waals surface area contributed by atoms with Gasteiger partial charge < -0.3 is 10.4 Å². The molecule has 21 heavy (non-hydrogen) atoms. The Morgan fingerprint density at radius 2 is 2.14 bits per heavy atom. The van der Waals surface area contributed by atoms with Crippen LogP contribution in [-0.2, 0) is 0 Å². The molecule has 7 heteroatoms. The number of benzene rings is 1. The van der Waals surface area contributed by atoms with Crippen molar-refractivity contribution in [2.75, 3.05) is 11.9 Å². The van der Waals surface area contributed by atoms with Gasteiger partial charge >= 0.3 is 0 Å². The summed E-state index contributed by atoms with van der Waals surface area (Å²) >= 11 is 0. The number of fused-ring (bicyclic) bond motifs is 1. The molecule has 0 fully saturated rings. The molecule has 0 amide bonds. The van der Waals surface area contributed by atoms with Gasteiger partial charge in [0.25, 0.3) is 5.56 Å². The van der Waals surface area contributed by atoms with Gasteiger partial charge in [-0.25, -0.2) is 4.68 Å². The third-order valence-corrected chi connectivity index (χ3v) is 3.10. The minimum absolute atomic E-state index is 0.0559. The van der Waals surface area contributed by atoms with Crippen LogP contribution in [0.3, 0.4) is 0 Å². The second-order valence-electron chi connectivity index (χ2n) is 4.77. The van der Waals surface area contributed by atoms with Crippen LogP contribution < -0.4 is 10.9 Å². The molecule has 2 heterocycles. The molecule has 0 spiro atoms. The molecule has 1 unspecified atom stereocenters. The van der Waals surface area contributed by atoms with Crippen LogP contribution in [0.2, 0.25) is 0 Å². The zero-order valence-electron chi connectivity index (χ0n) is 11.4. The summed E-state index contributed by atoms with van der Waals surface area (Å²) in [7, 11) is 0. The van der Waals surface area contributed by atoms with E-state index in [2.05, 4.69) is 20.4 Å². The van der Waals surface area contributed by atoms with E-state index in [1.54, 1.807) is 11.6 Å². The number of rotatable bonds is 4. The van der Waals surface area contributed by atoms with Crippen molar-refractivity contribution in [3.05, 3.63) is 46.9 Å². The van der Waals surface area contributed by atoms with Crippen LogP contribution in [0.15, 0.2) is 41.3 Å². The number of aromatic amines is 1. The molecule has 0 saturated heterocycles. The third kappa shape index (κ3) is 2.50. The highest BCUT2D eigenvalue weighted by atomic mass is 16.3. The Balaban J connectivity index is 2.14. The van der Waals surface area contributed by atoms with E-state index in [0.717, 1.165) is 5.69 Å². The Labute approximate surface area is 120 Å². The smallest absolute Gasteiger partial charge is 0.263 e. The van der Waals surface area contributed by atoms with Gasteiger partial charge in [0, 0.05) is 6.04 Å². The minimum Gasteiger partial charge on any atom is -0.394 e. The van der Waals surface area contributed by atoms with Gasteiger partial charge in [0.1, 0.15) is 5.39 Å². The molecule has 7 nitrogen and oxygen atoms in total. The lowest BCUT2D eigenvalue weighted by Crippen LogP contribution is -2.23. The summed E-state index contributed by atoms with van der Waals surface area (Å²) < 4.78 is 1.61. The van der Waals surface area contributed by atoms with Gasteiger partial charge in [-0.3, -0.25) is 9.78 Å². The van der Waals surface area contributed by atoms with E-state index in [4.69, 9.17) is 5.11 Å². The monoisotopic (exact) mass is 285 g/mol. The Morgan fingerprint density at radius 1 is 1.38 bits per heavy atom. The molecule has 3 aromatic rings. The molecule has 0 bridgehead atoms. The molecule has 1 aromatic carbocycles. The molecule has 0 aliphatic heterocycles. The van der Waals surface area contributed by atoms with Crippen molar-refractivity contribution >= 4 is 17.0 Å². The van der Waals surface area contributed by atoms with Crippen molar-refractivity contribution in [1.82, 2.24) is 19.7 Å². The highest BCUT2D eigenvalue weighted by molar-refractivity contribution is 5.76. The van der Waals surface area contributed by atoms with Crippen molar-refractivity contribution < 1.29 is 5.11 Å². The molecule has 0 aliphatic carbocycles. The second-order valence-corrected chi connectivity index (χ2v) is 4.77. The average molecular weight is 285 g/mol. The van der Waals surface area contributed by atoms with E-state index in [-0.39, 0.29) is 18.2 Å². The van der Waals surface area contributed by atoms with Gasteiger partial charge in [-0.15, -0.1) is 0 Å². The Kier molecular flexibility index (Phi) is 3.41. The van der Waals surface area contributed by atoms with Gasteiger partial charge in [-0.05, 0) is 19.1 Å². The van der Waals surface area contributed by atoms with E-state index >= 15 is 0 Å². The van der Waals surface area contributed by atoms with Crippen LogP contribution in [0, 0.1) is 0 Å². The van der Waals surface area contributed by atoms with Gasteiger partial charge in [0.2, 0.25) is 5.95 Å². The lowest BCUT2D eigenvalue weighted by Gasteiger charge is -2.11. The number of hydrogen-bond donors (Lipinski definition) is 3. The highest BCUT2D eigenvalue weighted by Gasteiger charge is 2.12. The largest absolute Gasteiger partial charge is 0.394 e. The van der Waals surface area contributed by atoms with Crippen molar-refractivity contribution in [3.63, 3.8) is 0 Å². The zero-order chi connectivity index (χ0) is 14.8. The molecular formula is C14H15N5O2. The number of para-hydroxylation sites is 1. The van der Waals surface area contributed by atoms with Crippen LogP contribution in [0.1, 0.15) is 6.92 Å². The Morgan fingerprint density at radius 3 is 2.86 bits per heavy atom. The van der Waals surface area contributed by atoms with Crippen molar-refractivity contribution in [1.29, 1.82) is 0 Å². The SMILES string of the molecule is CC(CO)Nc1nc2c(cnn2-c2ccccc2)c(=O)[nH]1. The average Bonchev–Trinajstić information content (AvgIpc) is 2.92. The lowest BCUT2D eigenvalue weighted by molar-refractivity contribution is 0.281. The van der Waals surface area contributed by atoms with Gasteiger partial charge in [0.05, 0.1) is 18.5 Å². The summed E-state index contributed by atoms with van der Waals surface area (Å²) in [5.41, 5.74) is 1.03. The number of aromatic nitrogens is 4. The fourth-order valence-electron chi connectivity index (χ4n) is 2.02. The van der Waals surface area contributed by atoms with Gasteiger partial charge in [-0.1, -0.05) is 18.2 Å². The molecule has 0 saturated carbocycles. The predicted molar refractivity (Wildman–Crippen MR) is 79.7 cm³/mol. The number of nitrogens with zero attached hydrogens (tertiary/aromatic N) is 3. The molecular weight excluding hydrogens is 270 g/mol. The number of H-pyrrole nitrogens is 1. The summed E-state index contributed by atoms with van der Waals surface area (Å²) in [6, 6.07) is 9.26. The fourth-order valence-corrected chi connectivity index (χ4v) is 2.02. The predicted octanol–water partition coefficient (Wildman–Crippen LogP) is 0.901. The molecule has 1 atom stereocenters. The molecule has 108 valence electrons. The fraction of sp³-hybridized carbons (Fsp3) is 0.214. The summed E-state index contributed by atoms with van der Waals surface area (Å²) in [4.78, 5) is 19.1. The summed E-state index contributed by atoms with van der Waals surface area (Å²) in [6.45, 7) is 1.73. The quantitative estimate of drug-likeness (QED) is 0.662. The normalized spacial score (nSPS) is 12.5. The molecule has 3 N–H and O–H groups in total. The van der Waals surface area contributed by atoms with Crippen LogP contribution in [0.4, 0.5) is 5.95 Å². The highest BCUT2D eigenvalue weighted by Crippen LogP contribution is 2.14. The van der Waals surface area contributed by atoms with Gasteiger partial charge in [-0.2, -0.15) is 10.1 Å². The van der Waals surface area contributed by atoms with Crippen molar-refractivity contribution in [2.24, 2.45) is 0 Å². The van der Waals surface area contributed by atoms with Gasteiger partial charge in [0.15, 0.2) is 5.65 Å². The standard InChI is InChI=1S/C14H15N5O2/c1-9(8-20)16-14-17-12-11(13(21)18-14)7-15-19(12)10-5-3-2-4-6-10/h2-7,9,20H,8H2,1H3,(H2,16,17,18,21).